The number of pyridine rings is 1. The van der Waals surface area contributed by atoms with E-state index >= 15 is 0 Å². The number of hydrogen-bond donors (Lipinski definition) is 1. The summed E-state index contributed by atoms with van der Waals surface area (Å²) in [6, 6.07) is 1.33. The molecule has 0 aromatic carbocycles. The number of nitrogens with zero attached hydrogens (tertiary/aromatic N) is 3. The van der Waals surface area contributed by atoms with Crippen LogP contribution in [0.15, 0.2) is 6.07 Å². The summed E-state index contributed by atoms with van der Waals surface area (Å²) < 4.78 is 1.52. The highest BCUT2D eigenvalue weighted by Gasteiger charge is 2.14. The van der Waals surface area contributed by atoms with Crippen LogP contribution in [0.4, 0.5) is 0 Å². The van der Waals surface area contributed by atoms with Gasteiger partial charge in [0.2, 0.25) is 0 Å². The number of carbonyl (C=O) groups is 1. The molecule has 2 aromatic rings. The number of aromatic carboxylic acids is 1. The molecule has 2 rings (SSSR count). The molecule has 2 heterocycles. The van der Waals surface area contributed by atoms with Crippen LogP contribution >= 0.6 is 11.6 Å². The minimum absolute atomic E-state index is 0.0736. The monoisotopic (exact) mass is 225 g/mol. The second kappa shape index (κ2) is 3.20. The van der Waals surface area contributed by atoms with Gasteiger partial charge in [0.25, 0.3) is 0 Å². The van der Waals surface area contributed by atoms with E-state index in [1.165, 1.54) is 10.7 Å². The molecule has 0 amide bonds. The van der Waals surface area contributed by atoms with Gasteiger partial charge in [-0.2, -0.15) is 5.10 Å². The van der Waals surface area contributed by atoms with Gasteiger partial charge in [-0.3, -0.25) is 4.68 Å². The van der Waals surface area contributed by atoms with E-state index in [0.29, 0.717) is 16.1 Å². The summed E-state index contributed by atoms with van der Waals surface area (Å²) in [6.07, 6.45) is 0. The van der Waals surface area contributed by atoms with Gasteiger partial charge in [-0.15, -0.1) is 0 Å². The number of halogens is 1. The maximum Gasteiger partial charge on any atom is 0.354 e. The highest BCUT2D eigenvalue weighted by atomic mass is 35.5. The third-order valence-electron chi connectivity index (χ3n) is 2.14. The van der Waals surface area contributed by atoms with Crippen LogP contribution in [0.3, 0.4) is 0 Å². The van der Waals surface area contributed by atoms with E-state index in [1.54, 1.807) is 14.0 Å². The van der Waals surface area contributed by atoms with Crippen LogP contribution in [0.2, 0.25) is 5.02 Å². The normalized spacial score (nSPS) is 10.9. The van der Waals surface area contributed by atoms with E-state index in [9.17, 15) is 4.79 Å². The fraction of sp³-hybridized carbons (Fsp3) is 0.222. The van der Waals surface area contributed by atoms with Crippen molar-refractivity contribution in [2.75, 3.05) is 0 Å². The summed E-state index contributed by atoms with van der Waals surface area (Å²) in [5.41, 5.74) is 1.15. The summed E-state index contributed by atoms with van der Waals surface area (Å²) in [7, 11) is 1.70. The molecule has 0 radical (unpaired) electrons. The Morgan fingerprint density at radius 2 is 2.27 bits per heavy atom. The highest BCUT2D eigenvalue weighted by molar-refractivity contribution is 6.35. The Kier molecular flexibility index (Phi) is 2.12. The van der Waals surface area contributed by atoms with Crippen molar-refractivity contribution in [3.8, 4) is 0 Å². The van der Waals surface area contributed by atoms with Gasteiger partial charge in [-0.25, -0.2) is 9.78 Å². The number of fused-ring (bicyclic) bond motifs is 1. The number of rotatable bonds is 1. The largest absolute Gasteiger partial charge is 0.477 e. The molecule has 0 aliphatic heterocycles. The van der Waals surface area contributed by atoms with Gasteiger partial charge in [-0.05, 0) is 13.0 Å². The van der Waals surface area contributed by atoms with Gasteiger partial charge < -0.3 is 5.11 Å². The SMILES string of the molecule is Cc1nn(C)c2nc(C(=O)O)cc(Cl)c12. The lowest BCUT2D eigenvalue weighted by Crippen LogP contribution is -2.02. The van der Waals surface area contributed by atoms with Crippen LogP contribution in [0.5, 0.6) is 0 Å². The number of aryl methyl sites for hydroxylation is 2. The molecule has 0 aliphatic carbocycles. The maximum atomic E-state index is 10.8. The Bertz CT molecular complexity index is 562. The minimum atomic E-state index is -1.10. The Balaban J connectivity index is 2.87. The Morgan fingerprint density at radius 3 is 2.87 bits per heavy atom. The van der Waals surface area contributed by atoms with Crippen molar-refractivity contribution in [2.45, 2.75) is 6.92 Å². The van der Waals surface area contributed by atoms with Crippen LogP contribution in [0.1, 0.15) is 16.2 Å². The summed E-state index contributed by atoms with van der Waals surface area (Å²) in [5.74, 6) is -1.10. The van der Waals surface area contributed by atoms with Gasteiger partial charge in [0.15, 0.2) is 11.3 Å². The van der Waals surface area contributed by atoms with Crippen LogP contribution in [0, 0.1) is 6.92 Å². The quantitative estimate of drug-likeness (QED) is 0.801. The molecule has 6 heteroatoms. The molecule has 0 aliphatic rings. The van der Waals surface area contributed by atoms with Crippen molar-refractivity contribution in [3.63, 3.8) is 0 Å². The third kappa shape index (κ3) is 1.45. The lowest BCUT2D eigenvalue weighted by atomic mass is 10.2. The number of aromatic nitrogens is 3. The predicted molar refractivity (Wildman–Crippen MR) is 55.2 cm³/mol. The maximum absolute atomic E-state index is 10.8. The molecule has 2 aromatic heterocycles. The van der Waals surface area contributed by atoms with E-state index in [2.05, 4.69) is 10.1 Å². The van der Waals surface area contributed by atoms with E-state index < -0.39 is 5.97 Å². The summed E-state index contributed by atoms with van der Waals surface area (Å²) in [6.45, 7) is 1.80. The molecule has 0 saturated carbocycles. The molecule has 0 atom stereocenters. The van der Waals surface area contributed by atoms with Crippen molar-refractivity contribution >= 4 is 28.6 Å². The average molecular weight is 226 g/mol. The summed E-state index contributed by atoms with van der Waals surface area (Å²) >= 11 is 5.97. The summed E-state index contributed by atoms with van der Waals surface area (Å²) in [4.78, 5) is 14.7. The average Bonchev–Trinajstić information content (AvgIpc) is 2.42. The Labute approximate surface area is 90.3 Å². The standard InChI is InChI=1S/C9H8ClN3O2/c1-4-7-5(10)3-6(9(14)15)11-8(7)13(2)12-4/h3H,1-2H3,(H,14,15). The lowest BCUT2D eigenvalue weighted by Gasteiger charge is -1.98. The molecule has 0 unspecified atom stereocenters. The van der Waals surface area contributed by atoms with Gasteiger partial charge in [0, 0.05) is 7.05 Å². The lowest BCUT2D eigenvalue weighted by molar-refractivity contribution is 0.0691. The van der Waals surface area contributed by atoms with Crippen molar-refractivity contribution in [1.29, 1.82) is 0 Å². The van der Waals surface area contributed by atoms with E-state index in [4.69, 9.17) is 16.7 Å². The van der Waals surface area contributed by atoms with E-state index in [-0.39, 0.29) is 5.69 Å². The molecular formula is C9H8ClN3O2. The van der Waals surface area contributed by atoms with Crippen LogP contribution in [0.25, 0.3) is 11.0 Å². The fourth-order valence-electron chi connectivity index (χ4n) is 1.50. The van der Waals surface area contributed by atoms with Crippen molar-refractivity contribution in [2.24, 2.45) is 7.05 Å². The van der Waals surface area contributed by atoms with Crippen LogP contribution in [-0.4, -0.2) is 25.8 Å². The molecule has 1 N–H and O–H groups in total. The highest BCUT2D eigenvalue weighted by Crippen LogP contribution is 2.25. The van der Waals surface area contributed by atoms with Gasteiger partial charge in [0.1, 0.15) is 0 Å². The second-order valence-corrected chi connectivity index (χ2v) is 3.61. The molecule has 15 heavy (non-hydrogen) atoms. The van der Waals surface area contributed by atoms with Crippen LogP contribution in [-0.2, 0) is 7.05 Å². The van der Waals surface area contributed by atoms with E-state index in [1.807, 2.05) is 0 Å². The first-order valence-corrected chi connectivity index (χ1v) is 4.61. The van der Waals surface area contributed by atoms with Gasteiger partial charge >= 0.3 is 5.97 Å². The van der Waals surface area contributed by atoms with Crippen molar-refractivity contribution in [1.82, 2.24) is 14.8 Å². The first-order chi connectivity index (χ1) is 7.00. The third-order valence-corrected chi connectivity index (χ3v) is 2.44. The van der Waals surface area contributed by atoms with Crippen molar-refractivity contribution in [3.05, 3.63) is 22.5 Å². The van der Waals surface area contributed by atoms with Crippen LogP contribution < -0.4 is 0 Å². The molecular weight excluding hydrogens is 218 g/mol. The zero-order valence-electron chi connectivity index (χ0n) is 8.15. The zero-order chi connectivity index (χ0) is 11.2. The number of hydrogen-bond acceptors (Lipinski definition) is 3. The number of carboxylic acids is 1. The van der Waals surface area contributed by atoms with E-state index in [0.717, 1.165) is 5.69 Å². The molecule has 0 bridgehead atoms. The Hall–Kier alpha value is -1.62. The zero-order valence-corrected chi connectivity index (χ0v) is 8.91. The van der Waals surface area contributed by atoms with Gasteiger partial charge in [0.05, 0.1) is 16.1 Å². The Morgan fingerprint density at radius 1 is 1.60 bits per heavy atom. The summed E-state index contributed by atoms with van der Waals surface area (Å²) in [5, 5.41) is 14.0. The molecule has 0 saturated heterocycles. The molecule has 0 spiro atoms. The van der Waals surface area contributed by atoms with Gasteiger partial charge in [-0.1, -0.05) is 11.6 Å². The topological polar surface area (TPSA) is 68.0 Å². The van der Waals surface area contributed by atoms with Crippen molar-refractivity contribution < 1.29 is 9.90 Å². The fourth-order valence-corrected chi connectivity index (χ4v) is 1.83. The smallest absolute Gasteiger partial charge is 0.354 e. The first-order valence-electron chi connectivity index (χ1n) is 4.24. The first kappa shape index (κ1) is 9.92. The molecule has 5 nitrogen and oxygen atoms in total. The number of carboxylic acid groups (broad SMARTS) is 1. The predicted octanol–water partition coefficient (Wildman–Crippen LogP) is 1.63. The molecule has 78 valence electrons. The molecule has 0 fully saturated rings. The second-order valence-electron chi connectivity index (χ2n) is 3.20. The minimum Gasteiger partial charge on any atom is -0.477 e.